The summed E-state index contributed by atoms with van der Waals surface area (Å²) in [5.74, 6) is -2.74. The van der Waals surface area contributed by atoms with E-state index < -0.39 is 36.4 Å². The van der Waals surface area contributed by atoms with Crippen molar-refractivity contribution in [2.24, 2.45) is 5.41 Å². The molecule has 1 saturated heterocycles. The van der Waals surface area contributed by atoms with Gasteiger partial charge in [0, 0.05) is 18.1 Å². The van der Waals surface area contributed by atoms with Gasteiger partial charge in [0.1, 0.15) is 0 Å². The molecule has 1 aliphatic rings. The Morgan fingerprint density at radius 1 is 1.27 bits per heavy atom. The number of carboxylic acid groups (broad SMARTS) is 1. The molecule has 0 radical (unpaired) electrons. The van der Waals surface area contributed by atoms with E-state index in [1.807, 2.05) is 0 Å². The second kappa shape index (κ2) is 5.62. The summed E-state index contributed by atoms with van der Waals surface area (Å²) in [6, 6.07) is 3.97. The fourth-order valence-electron chi connectivity index (χ4n) is 2.34. The Bertz CT molecular complexity index is 635. The largest absolute Gasteiger partial charge is 0.481 e. The highest BCUT2D eigenvalue weighted by molar-refractivity contribution is 6.36. The van der Waals surface area contributed by atoms with Crippen LogP contribution in [0, 0.1) is 5.41 Å². The monoisotopic (exact) mass is 355 g/mol. The van der Waals surface area contributed by atoms with Gasteiger partial charge in [-0.1, -0.05) is 23.2 Å². The van der Waals surface area contributed by atoms with Gasteiger partial charge >= 0.3 is 12.1 Å². The van der Waals surface area contributed by atoms with Crippen LogP contribution in [0.2, 0.25) is 10.0 Å². The van der Waals surface area contributed by atoms with Crippen molar-refractivity contribution < 1.29 is 27.9 Å². The third-order valence-corrected chi connectivity index (χ3v) is 4.22. The molecule has 120 valence electrons. The molecule has 1 aromatic rings. The van der Waals surface area contributed by atoms with Gasteiger partial charge < -0.3 is 10.0 Å². The van der Waals surface area contributed by atoms with Crippen molar-refractivity contribution in [3.05, 3.63) is 33.8 Å². The first-order valence-corrected chi connectivity index (χ1v) is 6.88. The van der Waals surface area contributed by atoms with E-state index in [4.69, 9.17) is 28.3 Å². The Morgan fingerprint density at radius 2 is 1.91 bits per heavy atom. The molecular weight excluding hydrogens is 346 g/mol. The lowest BCUT2D eigenvalue weighted by Gasteiger charge is -2.27. The zero-order valence-electron chi connectivity index (χ0n) is 11.0. The molecule has 0 saturated carbocycles. The van der Waals surface area contributed by atoms with Crippen molar-refractivity contribution in [2.45, 2.75) is 12.6 Å². The van der Waals surface area contributed by atoms with E-state index in [9.17, 15) is 22.8 Å². The molecule has 1 unspecified atom stereocenters. The highest BCUT2D eigenvalue weighted by atomic mass is 35.5. The molecule has 1 atom stereocenters. The standard InChI is InChI=1S/C13H10Cl2F3NO3/c14-7-1-2-8(9(15)5-7)10(20)19-4-3-12(6-19,11(21)22)13(16,17)18/h1-2,5H,3-4,6H2,(H,21,22). The Balaban J connectivity index is 2.29. The quantitative estimate of drug-likeness (QED) is 0.883. The SMILES string of the molecule is O=C(c1ccc(Cl)cc1Cl)N1CCC(C(=O)O)(C(F)(F)F)C1. The van der Waals surface area contributed by atoms with Gasteiger partial charge in [-0.2, -0.15) is 13.2 Å². The number of benzene rings is 1. The Kier molecular flexibility index (Phi) is 4.32. The first kappa shape index (κ1) is 16.9. The molecule has 2 rings (SSSR count). The van der Waals surface area contributed by atoms with Gasteiger partial charge in [-0.15, -0.1) is 0 Å². The van der Waals surface area contributed by atoms with Crippen LogP contribution < -0.4 is 0 Å². The molecule has 4 nitrogen and oxygen atoms in total. The second-order valence-electron chi connectivity index (χ2n) is 4.99. The predicted molar refractivity (Wildman–Crippen MR) is 73.1 cm³/mol. The van der Waals surface area contributed by atoms with Gasteiger partial charge in [0.2, 0.25) is 0 Å². The fourth-order valence-corrected chi connectivity index (χ4v) is 2.83. The molecular formula is C13H10Cl2F3NO3. The minimum absolute atomic E-state index is 0.00247. The number of rotatable bonds is 2. The summed E-state index contributed by atoms with van der Waals surface area (Å²) in [6.45, 7) is -1.26. The number of carbonyl (C=O) groups is 2. The molecule has 0 spiro atoms. The van der Waals surface area contributed by atoms with Crippen molar-refractivity contribution >= 4 is 35.1 Å². The average molecular weight is 356 g/mol. The molecule has 0 aromatic heterocycles. The lowest BCUT2D eigenvalue weighted by Crippen LogP contribution is -2.47. The van der Waals surface area contributed by atoms with Crippen LogP contribution in [0.25, 0.3) is 0 Å². The first-order chi connectivity index (χ1) is 10.1. The molecule has 0 bridgehead atoms. The Morgan fingerprint density at radius 3 is 2.36 bits per heavy atom. The van der Waals surface area contributed by atoms with Crippen molar-refractivity contribution in [1.29, 1.82) is 0 Å². The molecule has 0 aliphatic carbocycles. The third kappa shape index (κ3) is 2.75. The summed E-state index contributed by atoms with van der Waals surface area (Å²) in [4.78, 5) is 24.2. The van der Waals surface area contributed by atoms with Crippen molar-refractivity contribution in [1.82, 2.24) is 4.90 Å². The van der Waals surface area contributed by atoms with Crippen LogP contribution in [0.3, 0.4) is 0 Å². The van der Waals surface area contributed by atoms with E-state index >= 15 is 0 Å². The summed E-state index contributed by atoms with van der Waals surface area (Å²) < 4.78 is 39.2. The van der Waals surface area contributed by atoms with Crippen LogP contribution in [-0.4, -0.2) is 41.1 Å². The van der Waals surface area contributed by atoms with Gasteiger partial charge in [-0.3, -0.25) is 9.59 Å². The molecule has 22 heavy (non-hydrogen) atoms. The maximum atomic E-state index is 13.1. The lowest BCUT2D eigenvalue weighted by molar-refractivity contribution is -0.227. The van der Waals surface area contributed by atoms with E-state index in [1.165, 1.54) is 18.2 Å². The summed E-state index contributed by atoms with van der Waals surface area (Å²) in [5, 5.41) is 9.23. The summed E-state index contributed by atoms with van der Waals surface area (Å²) in [6.07, 6.45) is -5.64. The van der Waals surface area contributed by atoms with Gasteiger partial charge in [0.15, 0.2) is 5.41 Å². The normalized spacial score (nSPS) is 22.0. The number of halogens is 5. The predicted octanol–water partition coefficient (Wildman–Crippen LogP) is 3.47. The molecule has 1 aliphatic heterocycles. The van der Waals surface area contributed by atoms with E-state index in [-0.39, 0.29) is 22.2 Å². The van der Waals surface area contributed by atoms with Crippen LogP contribution in [0.4, 0.5) is 13.2 Å². The highest BCUT2D eigenvalue weighted by Gasteiger charge is 2.64. The van der Waals surface area contributed by atoms with Gasteiger partial charge in [0.05, 0.1) is 10.6 Å². The van der Waals surface area contributed by atoms with Gasteiger partial charge in [0.25, 0.3) is 5.91 Å². The number of carbonyl (C=O) groups excluding carboxylic acids is 1. The molecule has 1 heterocycles. The number of hydrogen-bond donors (Lipinski definition) is 1. The molecule has 1 aromatic carbocycles. The molecule has 1 N–H and O–H groups in total. The van der Waals surface area contributed by atoms with E-state index in [0.29, 0.717) is 0 Å². The Labute approximate surface area is 133 Å². The Hall–Kier alpha value is -1.47. The third-order valence-electron chi connectivity index (χ3n) is 3.67. The molecule has 9 heteroatoms. The van der Waals surface area contributed by atoms with Crippen molar-refractivity contribution in [3.63, 3.8) is 0 Å². The van der Waals surface area contributed by atoms with E-state index in [1.54, 1.807) is 0 Å². The number of hydrogen-bond acceptors (Lipinski definition) is 2. The summed E-state index contributed by atoms with van der Waals surface area (Å²) in [7, 11) is 0. The van der Waals surface area contributed by atoms with E-state index in [2.05, 4.69) is 0 Å². The van der Waals surface area contributed by atoms with Crippen LogP contribution in [0.15, 0.2) is 18.2 Å². The van der Waals surface area contributed by atoms with Gasteiger partial charge in [-0.25, -0.2) is 0 Å². The smallest absolute Gasteiger partial charge is 0.406 e. The number of alkyl halides is 3. The topological polar surface area (TPSA) is 57.6 Å². The average Bonchev–Trinajstić information content (AvgIpc) is 2.83. The second-order valence-corrected chi connectivity index (χ2v) is 5.83. The van der Waals surface area contributed by atoms with Crippen LogP contribution in [-0.2, 0) is 4.79 Å². The number of likely N-dealkylation sites (tertiary alicyclic amines) is 1. The van der Waals surface area contributed by atoms with Crippen LogP contribution in [0.1, 0.15) is 16.8 Å². The number of carboxylic acids is 1. The van der Waals surface area contributed by atoms with E-state index in [0.717, 1.165) is 4.90 Å². The first-order valence-electron chi connectivity index (χ1n) is 6.13. The van der Waals surface area contributed by atoms with Crippen molar-refractivity contribution in [3.8, 4) is 0 Å². The van der Waals surface area contributed by atoms with Gasteiger partial charge in [-0.05, 0) is 24.6 Å². The summed E-state index contributed by atoms with van der Waals surface area (Å²) >= 11 is 11.5. The number of amides is 1. The van der Waals surface area contributed by atoms with Crippen LogP contribution >= 0.6 is 23.2 Å². The molecule has 1 amide bonds. The highest BCUT2D eigenvalue weighted by Crippen LogP contribution is 2.46. The zero-order chi connectivity index (χ0) is 16.7. The maximum Gasteiger partial charge on any atom is 0.406 e. The minimum Gasteiger partial charge on any atom is -0.481 e. The van der Waals surface area contributed by atoms with Crippen LogP contribution in [0.5, 0.6) is 0 Å². The lowest BCUT2D eigenvalue weighted by atomic mass is 9.86. The maximum absolute atomic E-state index is 13.1. The number of aliphatic carboxylic acids is 1. The number of nitrogens with zero attached hydrogens (tertiary/aromatic N) is 1. The van der Waals surface area contributed by atoms with Crippen molar-refractivity contribution in [2.75, 3.05) is 13.1 Å². The minimum atomic E-state index is -4.95. The summed E-state index contributed by atoms with van der Waals surface area (Å²) in [5.41, 5.74) is -2.96. The zero-order valence-corrected chi connectivity index (χ0v) is 12.5. The fraction of sp³-hybridized carbons (Fsp3) is 0.385. The molecule has 1 fully saturated rings.